The third-order valence-electron chi connectivity index (χ3n) is 3.83. The van der Waals surface area contributed by atoms with Gasteiger partial charge in [0.1, 0.15) is 18.0 Å². The zero-order valence-corrected chi connectivity index (χ0v) is 16.5. The fourth-order valence-electron chi connectivity index (χ4n) is 2.67. The van der Waals surface area contributed by atoms with Crippen molar-refractivity contribution in [2.45, 2.75) is 84.7 Å². The number of hydrogen-bond acceptors (Lipinski definition) is 5. The molecule has 0 bridgehead atoms. The maximum absolute atomic E-state index is 12.2. The van der Waals surface area contributed by atoms with Gasteiger partial charge in [0.25, 0.3) is 0 Å². The molecule has 7 nitrogen and oxygen atoms in total. The van der Waals surface area contributed by atoms with E-state index in [9.17, 15) is 14.4 Å². The second kappa shape index (κ2) is 9.62. The van der Waals surface area contributed by atoms with Crippen molar-refractivity contribution >= 4 is 24.0 Å². The Labute approximate surface area is 155 Å². The lowest BCUT2D eigenvalue weighted by molar-refractivity contribution is -0.115. The van der Waals surface area contributed by atoms with E-state index in [0.29, 0.717) is 11.3 Å². The first-order valence-corrected chi connectivity index (χ1v) is 8.99. The van der Waals surface area contributed by atoms with E-state index in [4.69, 9.17) is 9.47 Å². The van der Waals surface area contributed by atoms with Crippen molar-refractivity contribution in [2.24, 2.45) is 4.99 Å². The van der Waals surface area contributed by atoms with Gasteiger partial charge in [-0.2, -0.15) is 0 Å². The summed E-state index contributed by atoms with van der Waals surface area (Å²) in [6.07, 6.45) is 2.89. The third-order valence-corrected chi connectivity index (χ3v) is 3.83. The molecular weight excluding hydrogens is 336 g/mol. The predicted molar refractivity (Wildman–Crippen MR) is 99.3 cm³/mol. The first-order chi connectivity index (χ1) is 12.1. The third kappa shape index (κ3) is 7.07. The molecule has 0 radical (unpaired) electrons. The smallest absolute Gasteiger partial charge is 0.408 e. The number of nitrogens with zero attached hydrogens (tertiary/aromatic N) is 1. The number of aldehydes is 1. The minimum absolute atomic E-state index is 0.0402. The number of rotatable bonds is 6. The second-order valence-corrected chi connectivity index (χ2v) is 7.31. The normalized spacial score (nSPS) is 22.1. The lowest BCUT2D eigenvalue weighted by Gasteiger charge is -2.32. The Morgan fingerprint density at radius 3 is 2.42 bits per heavy atom. The Morgan fingerprint density at radius 1 is 1.35 bits per heavy atom. The molecule has 0 aromatic carbocycles. The molecule has 0 saturated carbocycles. The summed E-state index contributed by atoms with van der Waals surface area (Å²) in [5.41, 5.74) is 0.219. The highest BCUT2D eigenvalue weighted by molar-refractivity contribution is 6.05. The number of hydrogen-bond donors (Lipinski definition) is 1. The minimum Gasteiger partial charge on any atom is -0.444 e. The molecule has 2 atom stereocenters. The molecular formula is C19H30N2O5. The van der Waals surface area contributed by atoms with Crippen LogP contribution in [0.2, 0.25) is 0 Å². The Bertz CT molecular complexity index is 585. The van der Waals surface area contributed by atoms with Crippen molar-refractivity contribution in [3.05, 3.63) is 11.6 Å². The number of aliphatic imine (C=N–C) groups is 1. The summed E-state index contributed by atoms with van der Waals surface area (Å²) in [6.45, 7) is 10.6. The van der Waals surface area contributed by atoms with E-state index in [1.807, 2.05) is 13.8 Å². The van der Waals surface area contributed by atoms with Gasteiger partial charge in [0.05, 0.1) is 17.9 Å². The summed E-state index contributed by atoms with van der Waals surface area (Å²) >= 11 is 0. The molecule has 1 aliphatic carbocycles. The number of alkyl carbamates (subject to hydrolysis) is 1. The van der Waals surface area contributed by atoms with Crippen molar-refractivity contribution in [3.63, 3.8) is 0 Å². The predicted octanol–water partition coefficient (Wildman–Crippen LogP) is 2.97. The van der Waals surface area contributed by atoms with Gasteiger partial charge in [0, 0.05) is 13.3 Å². The summed E-state index contributed by atoms with van der Waals surface area (Å²) in [7, 11) is 0. The Kier molecular flexibility index (Phi) is 8.14. The van der Waals surface area contributed by atoms with E-state index < -0.39 is 29.7 Å². The van der Waals surface area contributed by atoms with Crippen molar-refractivity contribution in [3.8, 4) is 0 Å². The summed E-state index contributed by atoms with van der Waals surface area (Å²) < 4.78 is 11.3. The molecule has 0 heterocycles. The van der Waals surface area contributed by atoms with E-state index in [-0.39, 0.29) is 12.5 Å². The van der Waals surface area contributed by atoms with Crippen LogP contribution in [0, 0.1) is 0 Å². The Hall–Kier alpha value is -2.02. The van der Waals surface area contributed by atoms with Crippen LogP contribution in [0.4, 0.5) is 4.79 Å². The molecule has 1 aliphatic rings. The first-order valence-electron chi connectivity index (χ1n) is 8.99. The maximum atomic E-state index is 12.2. The highest BCUT2D eigenvalue weighted by atomic mass is 16.6. The molecule has 2 amide bonds. The Morgan fingerprint density at radius 2 is 1.96 bits per heavy atom. The average molecular weight is 366 g/mol. The first kappa shape index (κ1) is 22.0. The fraction of sp³-hybridized carbons (Fsp3) is 0.684. The molecule has 0 fully saturated rings. The largest absolute Gasteiger partial charge is 0.444 e. The lowest BCUT2D eigenvalue weighted by Crippen LogP contribution is -2.50. The summed E-state index contributed by atoms with van der Waals surface area (Å²) in [5.74, 6) is -0.392. The number of carbonyl (C=O) groups excluding carboxylic acids is 3. The van der Waals surface area contributed by atoms with E-state index in [0.717, 1.165) is 19.1 Å². The van der Waals surface area contributed by atoms with E-state index in [1.54, 1.807) is 26.8 Å². The van der Waals surface area contributed by atoms with Gasteiger partial charge in [-0.3, -0.25) is 9.59 Å². The number of ether oxygens (including phenoxy) is 2. The standard InChI is InChI=1S/C19H30N2O5/c1-7-14(8-2)25-16-10-13(11-22)9-15(17(16)20-12(3)23)21-18(24)26-19(4,5)6/h10-11,14-16H,7-9H2,1-6H3,(H,21,24)/t15-,16+/m0/s1. The Balaban J connectivity index is 3.14. The zero-order chi connectivity index (χ0) is 19.9. The monoisotopic (exact) mass is 366 g/mol. The van der Waals surface area contributed by atoms with Crippen LogP contribution in [0.5, 0.6) is 0 Å². The molecule has 0 saturated heterocycles. The van der Waals surface area contributed by atoms with E-state index >= 15 is 0 Å². The van der Waals surface area contributed by atoms with Gasteiger partial charge in [-0.25, -0.2) is 9.79 Å². The van der Waals surface area contributed by atoms with Crippen LogP contribution < -0.4 is 5.32 Å². The van der Waals surface area contributed by atoms with Crippen LogP contribution in [0.3, 0.4) is 0 Å². The van der Waals surface area contributed by atoms with E-state index in [2.05, 4.69) is 10.3 Å². The highest BCUT2D eigenvalue weighted by Gasteiger charge is 2.33. The van der Waals surface area contributed by atoms with E-state index in [1.165, 1.54) is 6.92 Å². The molecule has 0 aromatic heterocycles. The molecule has 7 heteroatoms. The van der Waals surface area contributed by atoms with Crippen LogP contribution in [-0.2, 0) is 19.1 Å². The number of carbonyl (C=O) groups is 3. The van der Waals surface area contributed by atoms with Crippen molar-refractivity contribution in [1.29, 1.82) is 0 Å². The van der Waals surface area contributed by atoms with Crippen LogP contribution in [-0.4, -0.2) is 47.8 Å². The molecule has 0 unspecified atom stereocenters. The van der Waals surface area contributed by atoms with Crippen LogP contribution in [0.25, 0.3) is 0 Å². The maximum Gasteiger partial charge on any atom is 0.408 e. The average Bonchev–Trinajstić information content (AvgIpc) is 2.52. The number of nitrogens with one attached hydrogen (secondary N) is 1. The van der Waals surface area contributed by atoms with Crippen LogP contribution in [0.1, 0.15) is 60.8 Å². The summed E-state index contributed by atoms with van der Waals surface area (Å²) in [4.78, 5) is 39.2. The fourth-order valence-corrected chi connectivity index (χ4v) is 2.67. The molecule has 0 spiro atoms. The second-order valence-electron chi connectivity index (χ2n) is 7.31. The van der Waals surface area contributed by atoms with Crippen LogP contribution in [0.15, 0.2) is 16.6 Å². The zero-order valence-electron chi connectivity index (χ0n) is 16.5. The highest BCUT2D eigenvalue weighted by Crippen LogP contribution is 2.22. The quantitative estimate of drug-likeness (QED) is 0.729. The topological polar surface area (TPSA) is 94.1 Å². The van der Waals surface area contributed by atoms with Crippen LogP contribution >= 0.6 is 0 Å². The van der Waals surface area contributed by atoms with Gasteiger partial charge in [-0.15, -0.1) is 0 Å². The van der Waals surface area contributed by atoms with Gasteiger partial charge in [0.2, 0.25) is 5.91 Å². The summed E-state index contributed by atoms with van der Waals surface area (Å²) in [6, 6.07) is -0.640. The molecule has 146 valence electrons. The molecule has 26 heavy (non-hydrogen) atoms. The minimum atomic E-state index is -0.661. The van der Waals surface area contributed by atoms with Gasteiger partial charge >= 0.3 is 6.09 Å². The molecule has 0 aromatic rings. The van der Waals surface area contributed by atoms with Crippen molar-refractivity contribution < 1.29 is 23.9 Å². The van der Waals surface area contributed by atoms with Gasteiger partial charge in [-0.1, -0.05) is 13.8 Å². The van der Waals surface area contributed by atoms with Gasteiger partial charge in [0.15, 0.2) is 0 Å². The molecule has 0 aliphatic heterocycles. The molecule has 1 N–H and O–H groups in total. The van der Waals surface area contributed by atoms with Crippen molar-refractivity contribution in [1.82, 2.24) is 5.32 Å². The SMILES string of the molecule is CCC(CC)O[C@@H]1C=C(C=O)C[C@H](NC(=O)OC(C)(C)C)C1=NC(C)=O. The molecule has 1 rings (SSSR count). The number of amides is 2. The summed E-state index contributed by atoms with van der Waals surface area (Å²) in [5, 5.41) is 2.71. The van der Waals surface area contributed by atoms with Gasteiger partial charge in [-0.05, 0) is 45.3 Å². The lowest BCUT2D eigenvalue weighted by atomic mass is 9.91. The van der Waals surface area contributed by atoms with Gasteiger partial charge < -0.3 is 14.8 Å². The van der Waals surface area contributed by atoms with Crippen molar-refractivity contribution in [2.75, 3.05) is 0 Å².